The third kappa shape index (κ3) is 3.23. The van der Waals surface area contributed by atoms with E-state index < -0.39 is 0 Å². The minimum Gasteiger partial charge on any atom is -0.384 e. The molecule has 0 aliphatic carbocycles. The van der Waals surface area contributed by atoms with Crippen LogP contribution in [0.5, 0.6) is 0 Å². The monoisotopic (exact) mass is 207 g/mol. The SMILES string of the molecule is CCCNc1ccncc1C(=O)NCC. The van der Waals surface area contributed by atoms with Crippen molar-refractivity contribution in [2.75, 3.05) is 18.4 Å². The van der Waals surface area contributed by atoms with Gasteiger partial charge in [0.2, 0.25) is 0 Å². The standard InChI is InChI=1S/C11H17N3O/c1-3-6-14-10-5-7-12-8-9(10)11(15)13-4-2/h5,7-8H,3-4,6H2,1-2H3,(H,12,14)(H,13,15). The fourth-order valence-corrected chi connectivity index (χ4v) is 1.25. The van der Waals surface area contributed by atoms with Gasteiger partial charge in [0.1, 0.15) is 0 Å². The van der Waals surface area contributed by atoms with Crippen LogP contribution in [0.25, 0.3) is 0 Å². The number of amides is 1. The van der Waals surface area contributed by atoms with E-state index in [1.807, 2.05) is 13.0 Å². The Hall–Kier alpha value is -1.58. The molecule has 4 nitrogen and oxygen atoms in total. The van der Waals surface area contributed by atoms with Crippen molar-refractivity contribution in [3.8, 4) is 0 Å². The highest BCUT2D eigenvalue weighted by atomic mass is 16.1. The summed E-state index contributed by atoms with van der Waals surface area (Å²) in [6.07, 6.45) is 4.29. The molecule has 0 aliphatic heterocycles. The molecule has 1 heterocycles. The van der Waals surface area contributed by atoms with E-state index in [-0.39, 0.29) is 5.91 Å². The Morgan fingerprint density at radius 1 is 1.47 bits per heavy atom. The van der Waals surface area contributed by atoms with E-state index in [0.29, 0.717) is 12.1 Å². The smallest absolute Gasteiger partial charge is 0.254 e. The van der Waals surface area contributed by atoms with Crippen molar-refractivity contribution in [2.24, 2.45) is 0 Å². The summed E-state index contributed by atoms with van der Waals surface area (Å²) in [7, 11) is 0. The number of anilines is 1. The Bertz CT molecular complexity index is 325. The van der Waals surface area contributed by atoms with Gasteiger partial charge in [-0.15, -0.1) is 0 Å². The molecule has 15 heavy (non-hydrogen) atoms. The highest BCUT2D eigenvalue weighted by Gasteiger charge is 2.09. The first-order valence-electron chi connectivity index (χ1n) is 5.25. The summed E-state index contributed by atoms with van der Waals surface area (Å²) in [6.45, 7) is 5.46. The summed E-state index contributed by atoms with van der Waals surface area (Å²) < 4.78 is 0. The largest absolute Gasteiger partial charge is 0.384 e. The molecular formula is C11H17N3O. The highest BCUT2D eigenvalue weighted by Crippen LogP contribution is 2.12. The molecule has 1 amide bonds. The molecule has 4 heteroatoms. The Labute approximate surface area is 90.1 Å². The average molecular weight is 207 g/mol. The number of nitrogens with zero attached hydrogens (tertiary/aromatic N) is 1. The molecule has 0 unspecified atom stereocenters. The van der Waals surface area contributed by atoms with Gasteiger partial charge in [-0.3, -0.25) is 9.78 Å². The first-order chi connectivity index (χ1) is 7.29. The number of carbonyl (C=O) groups is 1. The van der Waals surface area contributed by atoms with Crippen molar-refractivity contribution in [3.05, 3.63) is 24.0 Å². The molecule has 1 aromatic heterocycles. The minimum atomic E-state index is -0.0794. The van der Waals surface area contributed by atoms with E-state index in [1.165, 1.54) is 0 Å². The number of rotatable bonds is 5. The zero-order chi connectivity index (χ0) is 11.1. The number of carbonyl (C=O) groups excluding carboxylic acids is 1. The fourth-order valence-electron chi connectivity index (χ4n) is 1.25. The van der Waals surface area contributed by atoms with E-state index in [1.54, 1.807) is 12.4 Å². The van der Waals surface area contributed by atoms with Crippen molar-refractivity contribution in [1.82, 2.24) is 10.3 Å². The van der Waals surface area contributed by atoms with Crippen LogP contribution in [-0.4, -0.2) is 24.0 Å². The first-order valence-corrected chi connectivity index (χ1v) is 5.25. The summed E-state index contributed by atoms with van der Waals surface area (Å²) in [5, 5.41) is 5.96. The second-order valence-corrected chi connectivity index (χ2v) is 3.21. The average Bonchev–Trinajstić information content (AvgIpc) is 2.27. The van der Waals surface area contributed by atoms with Gasteiger partial charge < -0.3 is 10.6 Å². The third-order valence-corrected chi connectivity index (χ3v) is 1.97. The maximum absolute atomic E-state index is 11.6. The zero-order valence-electron chi connectivity index (χ0n) is 9.21. The van der Waals surface area contributed by atoms with Gasteiger partial charge in [-0.2, -0.15) is 0 Å². The van der Waals surface area contributed by atoms with Crippen LogP contribution in [0.2, 0.25) is 0 Å². The van der Waals surface area contributed by atoms with E-state index in [4.69, 9.17) is 0 Å². The molecule has 0 radical (unpaired) electrons. The molecule has 2 N–H and O–H groups in total. The first kappa shape index (κ1) is 11.5. The van der Waals surface area contributed by atoms with Crippen molar-refractivity contribution in [2.45, 2.75) is 20.3 Å². The van der Waals surface area contributed by atoms with Gasteiger partial charge in [0, 0.05) is 25.5 Å². The lowest BCUT2D eigenvalue weighted by Gasteiger charge is -2.09. The molecule has 82 valence electrons. The van der Waals surface area contributed by atoms with Crippen molar-refractivity contribution in [3.63, 3.8) is 0 Å². The molecule has 0 bridgehead atoms. The maximum atomic E-state index is 11.6. The molecule has 0 saturated heterocycles. The van der Waals surface area contributed by atoms with Crippen LogP contribution in [0.1, 0.15) is 30.6 Å². The molecule has 1 rings (SSSR count). The molecular weight excluding hydrogens is 190 g/mol. The van der Waals surface area contributed by atoms with Crippen LogP contribution in [0, 0.1) is 0 Å². The number of pyridine rings is 1. The molecule has 1 aromatic rings. The number of nitrogens with one attached hydrogen (secondary N) is 2. The summed E-state index contributed by atoms with van der Waals surface area (Å²) in [4.78, 5) is 15.6. The van der Waals surface area contributed by atoms with Crippen LogP contribution >= 0.6 is 0 Å². The fraction of sp³-hybridized carbons (Fsp3) is 0.455. The van der Waals surface area contributed by atoms with Gasteiger partial charge in [0.05, 0.1) is 11.3 Å². The Kier molecular flexibility index (Phi) is 4.60. The second-order valence-electron chi connectivity index (χ2n) is 3.21. The highest BCUT2D eigenvalue weighted by molar-refractivity contribution is 5.99. The van der Waals surface area contributed by atoms with Crippen LogP contribution in [-0.2, 0) is 0 Å². The lowest BCUT2D eigenvalue weighted by molar-refractivity contribution is 0.0956. The Balaban J connectivity index is 2.80. The lowest BCUT2D eigenvalue weighted by atomic mass is 10.2. The Morgan fingerprint density at radius 2 is 2.27 bits per heavy atom. The van der Waals surface area contributed by atoms with Crippen LogP contribution in [0.15, 0.2) is 18.5 Å². The third-order valence-electron chi connectivity index (χ3n) is 1.97. The number of hydrogen-bond donors (Lipinski definition) is 2. The minimum absolute atomic E-state index is 0.0794. The van der Waals surface area contributed by atoms with Gasteiger partial charge in [-0.25, -0.2) is 0 Å². The van der Waals surface area contributed by atoms with Gasteiger partial charge in [-0.05, 0) is 19.4 Å². The van der Waals surface area contributed by atoms with Gasteiger partial charge in [-0.1, -0.05) is 6.92 Å². The predicted octanol–water partition coefficient (Wildman–Crippen LogP) is 1.65. The lowest BCUT2D eigenvalue weighted by Crippen LogP contribution is -2.24. The molecule has 0 spiro atoms. The molecule has 0 aromatic carbocycles. The number of hydrogen-bond acceptors (Lipinski definition) is 3. The van der Waals surface area contributed by atoms with Crippen LogP contribution in [0.4, 0.5) is 5.69 Å². The predicted molar refractivity (Wildman–Crippen MR) is 61.0 cm³/mol. The molecule has 0 aliphatic rings. The zero-order valence-corrected chi connectivity index (χ0v) is 9.21. The van der Waals surface area contributed by atoms with Crippen molar-refractivity contribution in [1.29, 1.82) is 0 Å². The van der Waals surface area contributed by atoms with E-state index in [9.17, 15) is 4.79 Å². The van der Waals surface area contributed by atoms with Crippen LogP contribution < -0.4 is 10.6 Å². The van der Waals surface area contributed by atoms with Gasteiger partial charge >= 0.3 is 0 Å². The molecule has 0 atom stereocenters. The quantitative estimate of drug-likeness (QED) is 0.772. The van der Waals surface area contributed by atoms with Gasteiger partial charge in [0.15, 0.2) is 0 Å². The summed E-state index contributed by atoms with van der Waals surface area (Å²) in [5.41, 5.74) is 1.45. The van der Waals surface area contributed by atoms with Crippen LogP contribution in [0.3, 0.4) is 0 Å². The normalized spacial score (nSPS) is 9.73. The molecule has 0 saturated carbocycles. The molecule has 0 fully saturated rings. The van der Waals surface area contributed by atoms with Crippen molar-refractivity contribution < 1.29 is 4.79 Å². The second kappa shape index (κ2) is 6.01. The van der Waals surface area contributed by atoms with E-state index in [2.05, 4.69) is 22.5 Å². The summed E-state index contributed by atoms with van der Waals surface area (Å²) >= 11 is 0. The van der Waals surface area contributed by atoms with E-state index >= 15 is 0 Å². The van der Waals surface area contributed by atoms with Gasteiger partial charge in [0.25, 0.3) is 5.91 Å². The number of aromatic nitrogens is 1. The van der Waals surface area contributed by atoms with E-state index in [0.717, 1.165) is 18.7 Å². The summed E-state index contributed by atoms with van der Waals surface area (Å²) in [5.74, 6) is -0.0794. The van der Waals surface area contributed by atoms with Crippen molar-refractivity contribution >= 4 is 11.6 Å². The maximum Gasteiger partial charge on any atom is 0.254 e. The summed E-state index contributed by atoms with van der Waals surface area (Å²) in [6, 6.07) is 1.82. The topological polar surface area (TPSA) is 54.0 Å². The Morgan fingerprint density at radius 3 is 2.93 bits per heavy atom.